The molecule has 29 heavy (non-hydrogen) atoms. The van der Waals surface area contributed by atoms with Gasteiger partial charge in [0.25, 0.3) is 11.7 Å². The summed E-state index contributed by atoms with van der Waals surface area (Å²) in [7, 11) is 0. The van der Waals surface area contributed by atoms with Gasteiger partial charge in [0.1, 0.15) is 23.3 Å². The van der Waals surface area contributed by atoms with Crippen LogP contribution in [0.25, 0.3) is 20.4 Å². The second-order valence-electron chi connectivity index (χ2n) is 8.18. The van der Waals surface area contributed by atoms with Crippen molar-refractivity contribution in [1.29, 1.82) is 0 Å². The molecule has 1 saturated heterocycles. The molecule has 0 saturated carbocycles. The molecule has 1 N–H and O–H groups in total. The highest BCUT2D eigenvalue weighted by molar-refractivity contribution is 7.25. The molecule has 5 rings (SSSR count). The van der Waals surface area contributed by atoms with Gasteiger partial charge < -0.3 is 14.2 Å². The quantitative estimate of drug-likeness (QED) is 0.646. The maximum Gasteiger partial charge on any atom is 0.281 e. The first kappa shape index (κ1) is 18.9. The van der Waals surface area contributed by atoms with Crippen molar-refractivity contribution in [3.8, 4) is 5.88 Å². The first-order valence-electron chi connectivity index (χ1n) is 10.2. The SMILES string of the molecule is CCCOc1nnnc2c1sc1[nH+]c(N3CCOCC3)c3c(c12)CC(C)(C)OC3. The van der Waals surface area contributed by atoms with Crippen LogP contribution >= 0.6 is 11.3 Å². The summed E-state index contributed by atoms with van der Waals surface area (Å²) >= 11 is 1.65. The monoisotopic (exact) mass is 416 g/mol. The Morgan fingerprint density at radius 2 is 2.03 bits per heavy atom. The van der Waals surface area contributed by atoms with Crippen LogP contribution in [-0.2, 0) is 22.5 Å². The van der Waals surface area contributed by atoms with Gasteiger partial charge in [-0.25, -0.2) is 4.98 Å². The maximum absolute atomic E-state index is 6.19. The van der Waals surface area contributed by atoms with Crippen LogP contribution in [0, 0.1) is 0 Å². The summed E-state index contributed by atoms with van der Waals surface area (Å²) in [6, 6.07) is 0. The number of nitrogens with one attached hydrogen (secondary N) is 1. The van der Waals surface area contributed by atoms with Crippen LogP contribution < -0.4 is 14.6 Å². The van der Waals surface area contributed by atoms with Gasteiger partial charge in [0, 0.05) is 6.42 Å². The molecule has 2 aliphatic rings. The number of nitrogens with zero attached hydrogens (tertiary/aromatic N) is 4. The van der Waals surface area contributed by atoms with Gasteiger partial charge in [-0.1, -0.05) is 23.4 Å². The molecule has 5 heterocycles. The van der Waals surface area contributed by atoms with E-state index in [0.29, 0.717) is 19.1 Å². The average molecular weight is 417 g/mol. The Labute approximate surface area is 173 Å². The lowest BCUT2D eigenvalue weighted by molar-refractivity contribution is -0.329. The zero-order chi connectivity index (χ0) is 20.0. The summed E-state index contributed by atoms with van der Waals surface area (Å²) in [6.45, 7) is 10.8. The van der Waals surface area contributed by atoms with Crippen LogP contribution in [0.3, 0.4) is 0 Å². The van der Waals surface area contributed by atoms with E-state index >= 15 is 0 Å². The normalized spacial score (nSPS) is 18.9. The molecular weight excluding hydrogens is 390 g/mol. The Balaban J connectivity index is 1.75. The van der Waals surface area contributed by atoms with Crippen molar-refractivity contribution in [3.05, 3.63) is 11.1 Å². The van der Waals surface area contributed by atoms with E-state index in [1.54, 1.807) is 11.3 Å². The number of thiophene rings is 1. The van der Waals surface area contributed by atoms with Crippen LogP contribution in [0.1, 0.15) is 38.3 Å². The summed E-state index contributed by atoms with van der Waals surface area (Å²) in [6.07, 6.45) is 1.75. The second kappa shape index (κ2) is 7.30. The van der Waals surface area contributed by atoms with Gasteiger partial charge in [-0.3, -0.25) is 4.90 Å². The zero-order valence-corrected chi connectivity index (χ0v) is 17.9. The lowest BCUT2D eigenvalue weighted by Gasteiger charge is -2.33. The highest BCUT2D eigenvalue weighted by Gasteiger charge is 2.36. The van der Waals surface area contributed by atoms with Crippen molar-refractivity contribution >= 4 is 37.6 Å². The smallest absolute Gasteiger partial charge is 0.281 e. The third-order valence-corrected chi connectivity index (χ3v) is 6.60. The van der Waals surface area contributed by atoms with Crippen molar-refractivity contribution in [2.24, 2.45) is 0 Å². The van der Waals surface area contributed by atoms with Gasteiger partial charge in [0.2, 0.25) is 0 Å². The molecule has 0 atom stereocenters. The number of H-pyrrole nitrogens is 1. The molecular formula is C20H26N5O3S+. The number of hydrogen-bond acceptors (Lipinski definition) is 8. The molecule has 0 aliphatic carbocycles. The Morgan fingerprint density at radius 1 is 1.21 bits per heavy atom. The fourth-order valence-corrected chi connectivity index (χ4v) is 5.21. The van der Waals surface area contributed by atoms with E-state index in [9.17, 15) is 0 Å². The summed E-state index contributed by atoms with van der Waals surface area (Å²) < 4.78 is 18.6. The lowest BCUT2D eigenvalue weighted by Crippen LogP contribution is -2.42. The fraction of sp³-hybridized carbons (Fsp3) is 0.600. The van der Waals surface area contributed by atoms with Crippen LogP contribution in [-0.4, -0.2) is 53.9 Å². The minimum atomic E-state index is -0.222. The lowest BCUT2D eigenvalue weighted by atomic mass is 9.90. The Bertz CT molecular complexity index is 1060. The van der Waals surface area contributed by atoms with Crippen LogP contribution in [0.2, 0.25) is 0 Å². The average Bonchev–Trinajstić information content (AvgIpc) is 3.11. The van der Waals surface area contributed by atoms with E-state index in [1.165, 1.54) is 11.1 Å². The van der Waals surface area contributed by atoms with Gasteiger partial charge in [0.15, 0.2) is 4.83 Å². The van der Waals surface area contributed by atoms with Crippen molar-refractivity contribution in [2.75, 3.05) is 37.8 Å². The third-order valence-electron chi connectivity index (χ3n) is 5.52. The molecule has 0 spiro atoms. The van der Waals surface area contributed by atoms with Gasteiger partial charge in [-0.15, -0.1) is 5.10 Å². The Kier molecular flexibility index (Phi) is 4.76. The van der Waals surface area contributed by atoms with Gasteiger partial charge >= 0.3 is 0 Å². The third kappa shape index (κ3) is 3.31. The number of pyridine rings is 1. The fourth-order valence-electron chi connectivity index (χ4n) is 4.11. The molecule has 2 aliphatic heterocycles. The molecule has 0 aromatic carbocycles. The first-order valence-corrected chi connectivity index (χ1v) is 11.0. The van der Waals surface area contributed by atoms with E-state index in [-0.39, 0.29) is 5.60 Å². The van der Waals surface area contributed by atoms with Gasteiger partial charge in [0.05, 0.1) is 43.0 Å². The van der Waals surface area contributed by atoms with Crippen LogP contribution in [0.4, 0.5) is 5.82 Å². The number of fused-ring (bicyclic) bond motifs is 5. The highest BCUT2D eigenvalue weighted by Crippen LogP contribution is 2.42. The summed E-state index contributed by atoms with van der Waals surface area (Å²) in [4.78, 5) is 7.13. The molecule has 154 valence electrons. The van der Waals surface area contributed by atoms with E-state index in [4.69, 9.17) is 14.2 Å². The molecule has 3 aromatic rings. The number of anilines is 1. The van der Waals surface area contributed by atoms with Crippen molar-refractivity contribution in [3.63, 3.8) is 0 Å². The molecule has 0 bridgehead atoms. The minimum Gasteiger partial charge on any atom is -0.476 e. The van der Waals surface area contributed by atoms with E-state index < -0.39 is 0 Å². The van der Waals surface area contributed by atoms with Crippen molar-refractivity contribution in [2.45, 2.75) is 45.8 Å². The molecule has 8 nitrogen and oxygen atoms in total. The van der Waals surface area contributed by atoms with Gasteiger partial charge in [-0.2, -0.15) is 0 Å². The number of ether oxygens (including phenoxy) is 3. The van der Waals surface area contributed by atoms with E-state index in [0.717, 1.165) is 65.4 Å². The second-order valence-corrected chi connectivity index (χ2v) is 9.20. The zero-order valence-electron chi connectivity index (χ0n) is 17.1. The Morgan fingerprint density at radius 3 is 2.83 bits per heavy atom. The predicted octanol–water partition coefficient (Wildman–Crippen LogP) is 2.53. The number of morpholine rings is 1. The molecule has 1 fully saturated rings. The van der Waals surface area contributed by atoms with Crippen molar-refractivity contribution < 1.29 is 19.2 Å². The summed E-state index contributed by atoms with van der Waals surface area (Å²) in [5.74, 6) is 1.70. The topological polar surface area (TPSA) is 83.7 Å². The summed E-state index contributed by atoms with van der Waals surface area (Å²) in [5.41, 5.74) is 3.15. The maximum atomic E-state index is 6.19. The van der Waals surface area contributed by atoms with Crippen LogP contribution in [0.5, 0.6) is 5.88 Å². The summed E-state index contributed by atoms with van der Waals surface area (Å²) in [5, 5.41) is 13.7. The van der Waals surface area contributed by atoms with Crippen molar-refractivity contribution in [1.82, 2.24) is 15.4 Å². The number of hydrogen-bond donors (Lipinski definition) is 0. The molecule has 0 unspecified atom stereocenters. The number of aromatic amines is 1. The standard InChI is InChI=1S/C20H25N5O3S/c1-4-7-27-18-16-15(22-24-23-18)14-12-10-20(2,3)28-11-13(12)17(21-19(14)29-16)25-5-8-26-9-6-25/h4-11H2,1-3H3/p+1. The van der Waals surface area contributed by atoms with E-state index in [2.05, 4.69) is 46.1 Å². The predicted molar refractivity (Wildman–Crippen MR) is 111 cm³/mol. The first-order chi connectivity index (χ1) is 14.1. The molecule has 0 amide bonds. The van der Waals surface area contributed by atoms with Crippen LogP contribution in [0.15, 0.2) is 0 Å². The van der Waals surface area contributed by atoms with E-state index in [1.807, 2.05) is 0 Å². The largest absolute Gasteiger partial charge is 0.476 e. The molecule has 0 radical (unpaired) electrons. The molecule has 3 aromatic heterocycles. The number of rotatable bonds is 4. The minimum absolute atomic E-state index is 0.222. The highest BCUT2D eigenvalue weighted by atomic mass is 32.1. The molecule has 9 heteroatoms. The van der Waals surface area contributed by atoms with Gasteiger partial charge in [-0.05, 0) is 31.0 Å². The number of aromatic nitrogens is 4. The Hall–Kier alpha value is -2.10.